The molecule has 0 saturated carbocycles. The van der Waals surface area contributed by atoms with Crippen molar-refractivity contribution < 1.29 is 17.6 Å². The van der Waals surface area contributed by atoms with Crippen molar-refractivity contribution in [3.05, 3.63) is 71.5 Å². The van der Waals surface area contributed by atoms with Gasteiger partial charge in [-0.15, -0.1) is 0 Å². The molecule has 1 fully saturated rings. The molecule has 1 aliphatic heterocycles. The highest BCUT2D eigenvalue weighted by molar-refractivity contribution is 7.88. The first kappa shape index (κ1) is 20.3. The van der Waals surface area contributed by atoms with Gasteiger partial charge in [0.05, 0.1) is 11.8 Å². The van der Waals surface area contributed by atoms with E-state index in [1.165, 1.54) is 16.4 Å². The highest BCUT2D eigenvalue weighted by Gasteiger charge is 2.29. The highest BCUT2D eigenvalue weighted by atomic mass is 32.2. The Morgan fingerprint density at radius 3 is 2.25 bits per heavy atom. The second kappa shape index (κ2) is 8.70. The number of carbonyl (C=O) groups is 1. The molecule has 0 spiro atoms. The van der Waals surface area contributed by atoms with Crippen LogP contribution in [0.2, 0.25) is 0 Å². The quantitative estimate of drug-likeness (QED) is 0.832. The van der Waals surface area contributed by atoms with Crippen LogP contribution < -0.4 is 5.32 Å². The Morgan fingerprint density at radius 1 is 1.04 bits per heavy atom. The summed E-state index contributed by atoms with van der Waals surface area (Å²) >= 11 is 0. The largest absolute Gasteiger partial charge is 0.331 e. The number of urea groups is 1. The van der Waals surface area contributed by atoms with E-state index in [4.69, 9.17) is 0 Å². The zero-order chi connectivity index (χ0) is 20.1. The van der Waals surface area contributed by atoms with E-state index in [-0.39, 0.29) is 36.7 Å². The third-order valence-corrected chi connectivity index (χ3v) is 6.67. The predicted octanol–water partition coefficient (Wildman–Crippen LogP) is 2.74. The lowest BCUT2D eigenvalue weighted by Crippen LogP contribution is -2.53. The van der Waals surface area contributed by atoms with Crippen LogP contribution >= 0.6 is 0 Å². The second-order valence-electron chi connectivity index (χ2n) is 6.85. The lowest BCUT2D eigenvalue weighted by molar-refractivity contribution is 0.169. The maximum atomic E-state index is 13.0. The smallest absolute Gasteiger partial charge is 0.317 e. The van der Waals surface area contributed by atoms with Gasteiger partial charge in [-0.1, -0.05) is 42.5 Å². The number of hydrogen-bond donors (Lipinski definition) is 1. The van der Waals surface area contributed by atoms with Gasteiger partial charge in [-0.2, -0.15) is 4.31 Å². The first-order valence-electron chi connectivity index (χ1n) is 9.18. The lowest BCUT2D eigenvalue weighted by atomic mass is 10.1. The maximum absolute atomic E-state index is 13.0. The molecular weight excluding hydrogens is 381 g/mol. The van der Waals surface area contributed by atoms with E-state index >= 15 is 0 Å². The van der Waals surface area contributed by atoms with Crippen molar-refractivity contribution in [1.82, 2.24) is 14.5 Å². The van der Waals surface area contributed by atoms with Crippen LogP contribution in [-0.4, -0.2) is 49.8 Å². The Morgan fingerprint density at radius 2 is 1.64 bits per heavy atom. The topological polar surface area (TPSA) is 69.7 Å². The molecule has 0 aliphatic carbocycles. The van der Waals surface area contributed by atoms with Gasteiger partial charge in [0.2, 0.25) is 10.0 Å². The number of sulfonamides is 1. The molecule has 2 aromatic rings. The Bertz CT molecular complexity index is 896. The van der Waals surface area contributed by atoms with Crippen molar-refractivity contribution in [1.29, 1.82) is 0 Å². The maximum Gasteiger partial charge on any atom is 0.317 e. The number of amides is 2. The summed E-state index contributed by atoms with van der Waals surface area (Å²) < 4.78 is 39.7. The number of halogens is 1. The molecule has 1 atom stereocenters. The summed E-state index contributed by atoms with van der Waals surface area (Å²) in [5.41, 5.74) is 1.55. The number of rotatable bonds is 5. The van der Waals surface area contributed by atoms with Crippen molar-refractivity contribution >= 4 is 16.1 Å². The average molecular weight is 405 g/mol. The van der Waals surface area contributed by atoms with Crippen molar-refractivity contribution in [2.45, 2.75) is 18.7 Å². The Kier molecular flexibility index (Phi) is 6.31. The van der Waals surface area contributed by atoms with Crippen LogP contribution in [0.15, 0.2) is 54.6 Å². The molecule has 0 aromatic heterocycles. The molecule has 1 unspecified atom stereocenters. The SMILES string of the molecule is CC(NC(=O)N1CCN(S(=O)(=O)Cc2ccccc2)CC1)c1ccc(F)cc1. The summed E-state index contributed by atoms with van der Waals surface area (Å²) in [6.07, 6.45) is 0. The van der Waals surface area contributed by atoms with Gasteiger partial charge >= 0.3 is 6.03 Å². The molecule has 150 valence electrons. The van der Waals surface area contributed by atoms with Gasteiger partial charge in [-0.05, 0) is 30.2 Å². The fourth-order valence-electron chi connectivity index (χ4n) is 3.16. The molecule has 8 heteroatoms. The minimum Gasteiger partial charge on any atom is -0.331 e. The Hall–Kier alpha value is -2.45. The average Bonchev–Trinajstić information content (AvgIpc) is 2.69. The number of benzene rings is 2. The van der Waals surface area contributed by atoms with Gasteiger partial charge in [0.25, 0.3) is 0 Å². The van der Waals surface area contributed by atoms with E-state index in [1.54, 1.807) is 29.2 Å². The third kappa shape index (κ3) is 5.08. The molecule has 2 amide bonds. The van der Waals surface area contributed by atoms with Gasteiger partial charge in [0, 0.05) is 26.2 Å². The van der Waals surface area contributed by atoms with Crippen LogP contribution in [0.3, 0.4) is 0 Å². The molecule has 1 N–H and O–H groups in total. The van der Waals surface area contributed by atoms with Gasteiger partial charge < -0.3 is 10.2 Å². The van der Waals surface area contributed by atoms with Crippen molar-refractivity contribution in [2.24, 2.45) is 0 Å². The van der Waals surface area contributed by atoms with Crippen molar-refractivity contribution in [3.8, 4) is 0 Å². The predicted molar refractivity (Wildman–Crippen MR) is 106 cm³/mol. The summed E-state index contributed by atoms with van der Waals surface area (Å²) in [4.78, 5) is 14.1. The van der Waals surface area contributed by atoms with E-state index < -0.39 is 10.0 Å². The van der Waals surface area contributed by atoms with Gasteiger partial charge in [0.15, 0.2) is 0 Å². The van der Waals surface area contributed by atoms with E-state index in [1.807, 2.05) is 25.1 Å². The summed E-state index contributed by atoms with van der Waals surface area (Å²) in [6, 6.07) is 14.5. The second-order valence-corrected chi connectivity index (χ2v) is 8.82. The molecule has 0 bridgehead atoms. The standard InChI is InChI=1S/C20H24FN3O3S/c1-16(18-7-9-19(21)10-8-18)22-20(25)23-11-13-24(14-12-23)28(26,27)15-17-5-3-2-4-6-17/h2-10,16H,11-15H2,1H3,(H,22,25). The molecule has 1 aliphatic rings. The molecule has 28 heavy (non-hydrogen) atoms. The normalized spacial score (nSPS) is 16.6. The number of carbonyl (C=O) groups excluding carboxylic acids is 1. The molecule has 6 nitrogen and oxygen atoms in total. The number of hydrogen-bond acceptors (Lipinski definition) is 3. The minimum atomic E-state index is -3.42. The van der Waals surface area contributed by atoms with E-state index in [0.717, 1.165) is 11.1 Å². The van der Waals surface area contributed by atoms with E-state index in [9.17, 15) is 17.6 Å². The van der Waals surface area contributed by atoms with Gasteiger partial charge in [0.1, 0.15) is 5.82 Å². The third-order valence-electron chi connectivity index (χ3n) is 4.82. The number of nitrogens with zero attached hydrogens (tertiary/aromatic N) is 2. The van der Waals surface area contributed by atoms with Crippen LogP contribution in [0.5, 0.6) is 0 Å². The Labute approximate surface area is 165 Å². The fourth-order valence-corrected chi connectivity index (χ4v) is 4.67. The fraction of sp³-hybridized carbons (Fsp3) is 0.350. The minimum absolute atomic E-state index is 0.0400. The lowest BCUT2D eigenvalue weighted by Gasteiger charge is -2.34. The van der Waals surface area contributed by atoms with Crippen LogP contribution in [0.25, 0.3) is 0 Å². The van der Waals surface area contributed by atoms with Crippen LogP contribution in [0, 0.1) is 5.82 Å². The molecule has 1 saturated heterocycles. The van der Waals surface area contributed by atoms with Gasteiger partial charge in [-0.25, -0.2) is 17.6 Å². The first-order valence-corrected chi connectivity index (χ1v) is 10.8. The highest BCUT2D eigenvalue weighted by Crippen LogP contribution is 2.16. The molecule has 2 aromatic carbocycles. The van der Waals surface area contributed by atoms with E-state index in [0.29, 0.717) is 13.1 Å². The summed E-state index contributed by atoms with van der Waals surface area (Å²) in [5, 5.41) is 2.88. The summed E-state index contributed by atoms with van der Waals surface area (Å²) in [5.74, 6) is -0.364. The summed E-state index contributed by atoms with van der Waals surface area (Å²) in [7, 11) is -3.42. The van der Waals surface area contributed by atoms with Crippen molar-refractivity contribution in [3.63, 3.8) is 0 Å². The molecular formula is C20H24FN3O3S. The molecule has 0 radical (unpaired) electrons. The van der Waals surface area contributed by atoms with E-state index in [2.05, 4.69) is 5.32 Å². The van der Waals surface area contributed by atoms with Crippen LogP contribution in [0.1, 0.15) is 24.1 Å². The zero-order valence-corrected chi connectivity index (χ0v) is 16.5. The number of piperazine rings is 1. The van der Waals surface area contributed by atoms with Gasteiger partial charge in [-0.3, -0.25) is 0 Å². The van der Waals surface area contributed by atoms with Crippen LogP contribution in [0.4, 0.5) is 9.18 Å². The monoisotopic (exact) mass is 405 g/mol. The van der Waals surface area contributed by atoms with Crippen LogP contribution in [-0.2, 0) is 15.8 Å². The zero-order valence-electron chi connectivity index (χ0n) is 15.7. The number of nitrogens with one attached hydrogen (secondary N) is 1. The Balaban J connectivity index is 1.53. The van der Waals surface area contributed by atoms with Crippen molar-refractivity contribution in [2.75, 3.05) is 26.2 Å². The molecule has 1 heterocycles. The molecule has 3 rings (SSSR count). The summed E-state index contributed by atoms with van der Waals surface area (Å²) in [6.45, 7) is 3.03. The first-order chi connectivity index (χ1) is 13.3.